The number of oxazole rings is 1. The van der Waals surface area contributed by atoms with Gasteiger partial charge in [-0.1, -0.05) is 40.9 Å². The molecule has 0 saturated heterocycles. The molecule has 2 nitrogen and oxygen atoms in total. The second kappa shape index (κ2) is 3.05. The summed E-state index contributed by atoms with van der Waals surface area (Å²) in [6.45, 7) is 0. The third-order valence-corrected chi connectivity index (χ3v) is 2.31. The summed E-state index contributed by atoms with van der Waals surface area (Å²) < 4.78 is 3.64. The molecule has 1 aromatic carbocycles. The molecule has 0 atom stereocenters. The van der Waals surface area contributed by atoms with Crippen LogP contribution in [0.2, 0.25) is 0 Å². The van der Waals surface area contributed by atoms with E-state index in [1.807, 2.05) is 0 Å². The van der Waals surface area contributed by atoms with Crippen LogP contribution in [-0.4, -0.2) is 4.98 Å². The molecular weight excluding hydrogens is 232 g/mol. The quantitative estimate of drug-likeness (QED) is 0.653. The molecule has 0 saturated carbocycles. The van der Waals surface area contributed by atoms with E-state index in [4.69, 9.17) is 39.2 Å². The molecule has 0 fully saturated rings. The topological polar surface area (TPSA) is 26.0 Å². The number of benzene rings is 1. The van der Waals surface area contributed by atoms with Crippen molar-refractivity contribution < 1.29 is 4.42 Å². The summed E-state index contributed by atoms with van der Waals surface area (Å²) in [6, 6.07) is 5.10. The first-order valence-electron chi connectivity index (χ1n) is 3.48. The average Bonchev–Trinajstić information content (AvgIpc) is 2.47. The molecule has 0 unspecified atom stereocenters. The van der Waals surface area contributed by atoms with Crippen LogP contribution < -0.4 is 0 Å². The van der Waals surface area contributed by atoms with Crippen LogP contribution >= 0.6 is 34.8 Å². The standard InChI is InChI=1S/C8H4Cl3NO/c9-8(10,11)5-1-2-7-6(3-5)12-4-13-7/h1-4H. The predicted molar refractivity (Wildman–Crippen MR) is 53.2 cm³/mol. The highest BCUT2D eigenvalue weighted by Crippen LogP contribution is 2.38. The molecule has 68 valence electrons. The van der Waals surface area contributed by atoms with E-state index in [0.717, 1.165) is 0 Å². The van der Waals surface area contributed by atoms with Gasteiger partial charge in [0.25, 0.3) is 0 Å². The number of rotatable bonds is 0. The lowest BCUT2D eigenvalue weighted by Crippen LogP contribution is -1.98. The van der Waals surface area contributed by atoms with Gasteiger partial charge in [-0.3, -0.25) is 0 Å². The van der Waals surface area contributed by atoms with E-state index >= 15 is 0 Å². The van der Waals surface area contributed by atoms with Crippen LogP contribution in [0.3, 0.4) is 0 Å². The minimum Gasteiger partial charge on any atom is -0.443 e. The van der Waals surface area contributed by atoms with Crippen LogP contribution in [0, 0.1) is 0 Å². The molecule has 2 aromatic rings. The van der Waals surface area contributed by atoms with Crippen molar-refractivity contribution in [3.05, 3.63) is 30.2 Å². The van der Waals surface area contributed by atoms with Gasteiger partial charge in [0, 0.05) is 5.56 Å². The molecule has 2 rings (SSSR count). The number of halogens is 3. The third kappa shape index (κ3) is 1.75. The van der Waals surface area contributed by atoms with E-state index in [2.05, 4.69) is 4.98 Å². The van der Waals surface area contributed by atoms with Crippen LogP contribution in [0.15, 0.2) is 29.0 Å². The second-order valence-electron chi connectivity index (χ2n) is 2.53. The Bertz CT molecular complexity index is 432. The van der Waals surface area contributed by atoms with Crippen molar-refractivity contribution >= 4 is 45.9 Å². The highest BCUT2D eigenvalue weighted by molar-refractivity contribution is 6.66. The molecule has 5 heteroatoms. The Labute approximate surface area is 89.4 Å². The second-order valence-corrected chi connectivity index (χ2v) is 4.81. The van der Waals surface area contributed by atoms with Gasteiger partial charge in [-0.25, -0.2) is 4.98 Å². The highest BCUT2D eigenvalue weighted by atomic mass is 35.6. The summed E-state index contributed by atoms with van der Waals surface area (Å²) in [5.41, 5.74) is 1.95. The van der Waals surface area contributed by atoms with Crippen LogP contribution in [0.25, 0.3) is 11.1 Å². The van der Waals surface area contributed by atoms with Gasteiger partial charge in [0.15, 0.2) is 12.0 Å². The SMILES string of the molecule is ClC(Cl)(Cl)c1ccc2ocnc2c1. The molecule has 1 aromatic heterocycles. The van der Waals surface area contributed by atoms with E-state index in [-0.39, 0.29) is 0 Å². The minimum absolute atomic E-state index is 0.582. The number of alkyl halides is 3. The molecule has 0 aliphatic carbocycles. The van der Waals surface area contributed by atoms with Gasteiger partial charge >= 0.3 is 0 Å². The van der Waals surface area contributed by atoms with Gasteiger partial charge in [0.2, 0.25) is 3.79 Å². The van der Waals surface area contributed by atoms with Crippen molar-refractivity contribution in [3.63, 3.8) is 0 Å². The molecule has 13 heavy (non-hydrogen) atoms. The summed E-state index contributed by atoms with van der Waals surface area (Å²) in [6.07, 6.45) is 1.35. The van der Waals surface area contributed by atoms with E-state index in [1.54, 1.807) is 18.2 Å². The van der Waals surface area contributed by atoms with Gasteiger partial charge in [-0.15, -0.1) is 0 Å². The molecule has 1 heterocycles. The number of nitrogens with zero attached hydrogens (tertiary/aromatic N) is 1. The van der Waals surface area contributed by atoms with Crippen LogP contribution in [0.1, 0.15) is 5.56 Å². The summed E-state index contributed by atoms with van der Waals surface area (Å²) >= 11 is 17.1. The van der Waals surface area contributed by atoms with Gasteiger partial charge in [0.05, 0.1) is 0 Å². The van der Waals surface area contributed by atoms with Crippen molar-refractivity contribution in [2.75, 3.05) is 0 Å². The van der Waals surface area contributed by atoms with Gasteiger partial charge in [-0.05, 0) is 12.1 Å². The normalized spacial score (nSPS) is 12.2. The number of hydrogen-bond donors (Lipinski definition) is 0. The molecule has 0 aliphatic heterocycles. The molecule has 0 aliphatic rings. The molecule has 0 amide bonds. The van der Waals surface area contributed by atoms with Crippen molar-refractivity contribution in [1.29, 1.82) is 0 Å². The first-order valence-corrected chi connectivity index (χ1v) is 4.61. The lowest BCUT2D eigenvalue weighted by atomic mass is 10.2. The maximum atomic E-state index is 5.70. The Morgan fingerprint density at radius 2 is 2.00 bits per heavy atom. The summed E-state index contributed by atoms with van der Waals surface area (Å²) in [5.74, 6) is 0. The smallest absolute Gasteiger partial charge is 0.216 e. The lowest BCUT2D eigenvalue weighted by molar-refractivity contribution is 0.602. The van der Waals surface area contributed by atoms with Crippen molar-refractivity contribution in [1.82, 2.24) is 4.98 Å². The third-order valence-electron chi connectivity index (χ3n) is 1.66. The zero-order valence-corrected chi connectivity index (χ0v) is 8.57. The summed E-state index contributed by atoms with van der Waals surface area (Å²) in [7, 11) is 0. The van der Waals surface area contributed by atoms with E-state index in [1.165, 1.54) is 6.39 Å². The number of hydrogen-bond acceptors (Lipinski definition) is 2. The summed E-state index contributed by atoms with van der Waals surface area (Å²) in [4.78, 5) is 3.95. The van der Waals surface area contributed by atoms with E-state index < -0.39 is 3.79 Å². The Hall–Kier alpha value is -0.440. The first kappa shape index (κ1) is 9.13. The van der Waals surface area contributed by atoms with Gasteiger partial charge in [0.1, 0.15) is 5.52 Å². The maximum absolute atomic E-state index is 5.70. The molecule has 0 radical (unpaired) electrons. The van der Waals surface area contributed by atoms with E-state index in [0.29, 0.717) is 16.7 Å². The molecular formula is C8H4Cl3NO. The van der Waals surface area contributed by atoms with Crippen molar-refractivity contribution in [3.8, 4) is 0 Å². The van der Waals surface area contributed by atoms with Crippen LogP contribution in [0.5, 0.6) is 0 Å². The Morgan fingerprint density at radius 3 is 2.69 bits per heavy atom. The lowest BCUT2D eigenvalue weighted by Gasteiger charge is -2.09. The monoisotopic (exact) mass is 235 g/mol. The molecule has 0 bridgehead atoms. The number of fused-ring (bicyclic) bond motifs is 1. The maximum Gasteiger partial charge on any atom is 0.216 e. The van der Waals surface area contributed by atoms with Crippen molar-refractivity contribution in [2.45, 2.75) is 3.79 Å². The fourth-order valence-electron chi connectivity index (χ4n) is 1.03. The minimum atomic E-state index is -1.41. The zero-order valence-electron chi connectivity index (χ0n) is 6.30. The van der Waals surface area contributed by atoms with E-state index in [9.17, 15) is 0 Å². The van der Waals surface area contributed by atoms with Gasteiger partial charge in [-0.2, -0.15) is 0 Å². The van der Waals surface area contributed by atoms with Crippen LogP contribution in [0.4, 0.5) is 0 Å². The number of aromatic nitrogens is 1. The van der Waals surface area contributed by atoms with Crippen molar-refractivity contribution in [2.24, 2.45) is 0 Å². The summed E-state index contributed by atoms with van der Waals surface area (Å²) in [5, 5.41) is 0. The zero-order chi connectivity index (χ0) is 9.47. The molecule has 0 N–H and O–H groups in total. The first-order chi connectivity index (χ1) is 6.07. The Morgan fingerprint density at radius 1 is 1.23 bits per heavy atom. The largest absolute Gasteiger partial charge is 0.443 e. The Kier molecular flexibility index (Phi) is 2.14. The average molecular weight is 236 g/mol. The molecule has 0 spiro atoms. The predicted octanol–water partition coefficient (Wildman–Crippen LogP) is 3.65. The fraction of sp³-hybridized carbons (Fsp3) is 0.125. The fourth-order valence-corrected chi connectivity index (χ4v) is 1.39. The van der Waals surface area contributed by atoms with Gasteiger partial charge < -0.3 is 4.42 Å². The highest BCUT2D eigenvalue weighted by Gasteiger charge is 2.23. The van der Waals surface area contributed by atoms with Crippen LogP contribution in [-0.2, 0) is 3.79 Å². The Balaban J connectivity index is 2.61.